The molecule has 118 valence electrons. The molecule has 0 aromatic rings. The molecule has 0 radical (unpaired) electrons. The van der Waals surface area contributed by atoms with Crippen molar-refractivity contribution >= 4 is 5.91 Å². The summed E-state index contributed by atoms with van der Waals surface area (Å²) in [6.07, 6.45) is 15.6. The molecule has 1 amide bonds. The van der Waals surface area contributed by atoms with Crippen molar-refractivity contribution in [2.24, 2.45) is 20.5 Å². The quantitative estimate of drug-likeness (QED) is 0.455. The van der Waals surface area contributed by atoms with Crippen LogP contribution in [0.25, 0.3) is 0 Å². The number of carbonyl (C=O) groups is 1. The summed E-state index contributed by atoms with van der Waals surface area (Å²) in [5, 5.41) is 15.2. The van der Waals surface area contributed by atoms with E-state index in [9.17, 15) is 4.79 Å². The van der Waals surface area contributed by atoms with Crippen LogP contribution in [-0.2, 0) is 4.79 Å². The molecule has 2 rings (SSSR count). The Morgan fingerprint density at radius 2 is 1.43 bits per heavy atom. The Morgan fingerprint density at radius 3 is 1.81 bits per heavy atom. The van der Waals surface area contributed by atoms with Gasteiger partial charge in [0.1, 0.15) is 6.04 Å². The third-order valence-electron chi connectivity index (χ3n) is 4.50. The van der Waals surface area contributed by atoms with E-state index in [1.807, 2.05) is 0 Å². The molecule has 1 spiro atoms. The standard InChI is InChI=1S/C16H28N4O/c1-2-3-4-5-6-7-8-9-10-11-12-13-14-16(19-17-14)15(21)18-20-16/h14H,2-13H2,1H3. The number of hydrogen-bond acceptors (Lipinski definition) is 4. The Kier molecular flexibility index (Phi) is 6.46. The van der Waals surface area contributed by atoms with E-state index >= 15 is 0 Å². The van der Waals surface area contributed by atoms with Crippen LogP contribution in [0, 0.1) is 0 Å². The zero-order chi connectivity index (χ0) is 15.0. The molecule has 5 heteroatoms. The molecule has 0 saturated heterocycles. The van der Waals surface area contributed by atoms with Crippen LogP contribution in [0.2, 0.25) is 0 Å². The van der Waals surface area contributed by atoms with Gasteiger partial charge in [-0.3, -0.25) is 4.79 Å². The minimum absolute atomic E-state index is 0.0268. The van der Waals surface area contributed by atoms with Gasteiger partial charge in [-0.2, -0.15) is 5.11 Å². The van der Waals surface area contributed by atoms with Crippen molar-refractivity contribution in [1.29, 1.82) is 0 Å². The van der Waals surface area contributed by atoms with Crippen molar-refractivity contribution in [2.45, 2.75) is 95.7 Å². The third-order valence-corrected chi connectivity index (χ3v) is 4.50. The average molecular weight is 292 g/mol. The maximum atomic E-state index is 11.3. The normalized spacial score (nSPS) is 26.1. The molecule has 2 aliphatic heterocycles. The fourth-order valence-electron chi connectivity index (χ4n) is 2.97. The van der Waals surface area contributed by atoms with E-state index in [2.05, 4.69) is 27.4 Å². The van der Waals surface area contributed by atoms with Gasteiger partial charge in [0.25, 0.3) is 5.66 Å². The van der Waals surface area contributed by atoms with Gasteiger partial charge in [-0.25, -0.2) is 0 Å². The first-order chi connectivity index (χ1) is 10.3. The molecular formula is C16H28N4O. The van der Waals surface area contributed by atoms with Crippen LogP contribution in [0.4, 0.5) is 0 Å². The van der Waals surface area contributed by atoms with Crippen molar-refractivity contribution in [3.8, 4) is 0 Å². The maximum Gasteiger partial charge on any atom is 0.320 e. The number of rotatable bonds is 12. The Morgan fingerprint density at radius 1 is 0.857 bits per heavy atom. The fraction of sp³-hybridized carbons (Fsp3) is 0.938. The van der Waals surface area contributed by atoms with E-state index in [1.165, 1.54) is 64.2 Å². The van der Waals surface area contributed by atoms with Crippen molar-refractivity contribution in [3.05, 3.63) is 0 Å². The van der Waals surface area contributed by atoms with Crippen LogP contribution in [0.15, 0.2) is 20.5 Å². The molecule has 0 saturated carbocycles. The zero-order valence-electron chi connectivity index (χ0n) is 13.3. The Labute approximate surface area is 127 Å². The van der Waals surface area contributed by atoms with E-state index in [0.717, 1.165) is 12.8 Å². The number of amides is 1. The lowest BCUT2D eigenvalue weighted by Gasteiger charge is -2.36. The van der Waals surface area contributed by atoms with Gasteiger partial charge in [0.15, 0.2) is 0 Å². The van der Waals surface area contributed by atoms with E-state index < -0.39 is 5.66 Å². The average Bonchev–Trinajstić information content (AvgIpc) is 2.46. The largest absolute Gasteiger partial charge is 0.320 e. The Bertz CT molecular complexity index is 394. The molecule has 21 heavy (non-hydrogen) atoms. The number of unbranched alkanes of at least 4 members (excludes halogenated alkanes) is 10. The van der Waals surface area contributed by atoms with E-state index in [4.69, 9.17) is 0 Å². The number of azo groups is 2. The molecule has 2 heterocycles. The molecular weight excluding hydrogens is 264 g/mol. The first kappa shape index (κ1) is 16.2. The topological polar surface area (TPSA) is 66.5 Å². The zero-order valence-corrected chi connectivity index (χ0v) is 13.3. The predicted octanol–water partition coefficient (Wildman–Crippen LogP) is 5.21. The molecule has 0 N–H and O–H groups in total. The van der Waals surface area contributed by atoms with Gasteiger partial charge in [-0.1, -0.05) is 77.6 Å². The minimum Gasteiger partial charge on any atom is -0.265 e. The third kappa shape index (κ3) is 4.17. The molecule has 0 aromatic carbocycles. The van der Waals surface area contributed by atoms with Gasteiger partial charge in [0, 0.05) is 0 Å². The lowest BCUT2D eigenvalue weighted by atomic mass is 9.91. The van der Waals surface area contributed by atoms with Gasteiger partial charge in [-0.05, 0) is 6.42 Å². The van der Waals surface area contributed by atoms with E-state index in [1.54, 1.807) is 0 Å². The van der Waals surface area contributed by atoms with Gasteiger partial charge in [-0.15, -0.1) is 15.3 Å². The summed E-state index contributed by atoms with van der Waals surface area (Å²) in [7, 11) is 0. The Hall–Kier alpha value is -1.13. The molecule has 5 nitrogen and oxygen atoms in total. The van der Waals surface area contributed by atoms with Crippen molar-refractivity contribution < 1.29 is 4.79 Å². The molecule has 2 unspecified atom stereocenters. The number of carbonyl (C=O) groups excluding carboxylic acids is 1. The summed E-state index contributed by atoms with van der Waals surface area (Å²) in [5.74, 6) is -0.203. The second-order valence-electron chi connectivity index (χ2n) is 6.29. The summed E-state index contributed by atoms with van der Waals surface area (Å²) in [6.45, 7) is 2.26. The van der Waals surface area contributed by atoms with Crippen molar-refractivity contribution in [1.82, 2.24) is 0 Å². The van der Waals surface area contributed by atoms with Crippen LogP contribution in [-0.4, -0.2) is 17.6 Å². The molecule has 2 aliphatic rings. The highest BCUT2D eigenvalue weighted by Crippen LogP contribution is 2.40. The highest BCUT2D eigenvalue weighted by Gasteiger charge is 2.58. The van der Waals surface area contributed by atoms with Crippen LogP contribution < -0.4 is 0 Å². The molecule has 2 atom stereocenters. The van der Waals surface area contributed by atoms with Crippen LogP contribution in [0.3, 0.4) is 0 Å². The van der Waals surface area contributed by atoms with Gasteiger partial charge in [0.05, 0.1) is 0 Å². The predicted molar refractivity (Wildman–Crippen MR) is 82.3 cm³/mol. The molecule has 0 fully saturated rings. The van der Waals surface area contributed by atoms with Gasteiger partial charge < -0.3 is 0 Å². The second-order valence-corrected chi connectivity index (χ2v) is 6.29. The first-order valence-electron chi connectivity index (χ1n) is 8.69. The summed E-state index contributed by atoms with van der Waals surface area (Å²) in [4.78, 5) is 11.3. The van der Waals surface area contributed by atoms with Gasteiger partial charge in [0.2, 0.25) is 0 Å². The van der Waals surface area contributed by atoms with Crippen molar-refractivity contribution in [3.63, 3.8) is 0 Å². The maximum absolute atomic E-state index is 11.3. The molecule has 0 aromatic heterocycles. The van der Waals surface area contributed by atoms with Crippen LogP contribution in [0.1, 0.15) is 84.0 Å². The molecule has 0 aliphatic carbocycles. The van der Waals surface area contributed by atoms with Crippen LogP contribution in [0.5, 0.6) is 0 Å². The number of nitrogens with zero attached hydrogens (tertiary/aromatic N) is 4. The minimum atomic E-state index is -0.863. The Balaban J connectivity index is 1.37. The SMILES string of the molecule is CCCCCCCCCCCCCC1N=NC12N=NC2=O. The monoisotopic (exact) mass is 292 g/mol. The highest BCUT2D eigenvalue weighted by atomic mass is 16.2. The second kappa shape index (κ2) is 8.35. The summed E-state index contributed by atoms with van der Waals surface area (Å²) in [6, 6.07) is -0.0268. The summed E-state index contributed by atoms with van der Waals surface area (Å²) >= 11 is 0. The highest BCUT2D eigenvalue weighted by molar-refractivity contribution is 5.92. The summed E-state index contributed by atoms with van der Waals surface area (Å²) in [5.41, 5.74) is -0.863. The lowest BCUT2D eigenvalue weighted by molar-refractivity contribution is -0.131. The van der Waals surface area contributed by atoms with Crippen LogP contribution >= 0.6 is 0 Å². The lowest BCUT2D eigenvalue weighted by Crippen LogP contribution is -2.54. The number of hydrogen-bond donors (Lipinski definition) is 0. The first-order valence-corrected chi connectivity index (χ1v) is 8.69. The molecule has 0 bridgehead atoms. The summed E-state index contributed by atoms with van der Waals surface area (Å²) < 4.78 is 0. The smallest absolute Gasteiger partial charge is 0.265 e. The fourth-order valence-corrected chi connectivity index (χ4v) is 2.97. The van der Waals surface area contributed by atoms with E-state index in [-0.39, 0.29) is 11.9 Å². The van der Waals surface area contributed by atoms with E-state index in [0.29, 0.717) is 0 Å². The van der Waals surface area contributed by atoms with Gasteiger partial charge >= 0.3 is 5.91 Å². The van der Waals surface area contributed by atoms with Crippen molar-refractivity contribution in [2.75, 3.05) is 0 Å².